The average Bonchev–Trinajstić information content (AvgIpc) is 2.40. The summed E-state index contributed by atoms with van der Waals surface area (Å²) in [4.78, 5) is 2.33. The molecule has 0 saturated heterocycles. The zero-order valence-electron chi connectivity index (χ0n) is 9.93. The number of hydrogen-bond acceptors (Lipinski definition) is 3. The molecule has 3 rings (SSSR count). The van der Waals surface area contributed by atoms with Crippen LogP contribution in [0.15, 0.2) is 36.7 Å². The second-order valence-electron chi connectivity index (χ2n) is 4.70. The number of rotatable bonds is 2. The predicted octanol–water partition coefficient (Wildman–Crippen LogP) is 1.50. The molecule has 1 unspecified atom stereocenters. The Morgan fingerprint density at radius 3 is 3.00 bits per heavy atom. The van der Waals surface area contributed by atoms with Gasteiger partial charge in [0.05, 0.1) is 12.8 Å². The number of benzene rings is 1. The first kappa shape index (κ1) is 10.7. The Labute approximate surface area is 102 Å². The first-order valence-corrected chi connectivity index (χ1v) is 6.24. The summed E-state index contributed by atoms with van der Waals surface area (Å²) in [7, 11) is 0. The van der Waals surface area contributed by atoms with Gasteiger partial charge in [0, 0.05) is 25.3 Å². The highest BCUT2D eigenvalue weighted by Gasteiger charge is 2.19. The number of nitrogens with one attached hydrogen (secondary N) is 1. The van der Waals surface area contributed by atoms with Gasteiger partial charge in [-0.15, -0.1) is 0 Å². The first-order chi connectivity index (χ1) is 8.42. The van der Waals surface area contributed by atoms with Crippen LogP contribution in [0.2, 0.25) is 0 Å². The van der Waals surface area contributed by atoms with Crippen molar-refractivity contribution in [2.45, 2.75) is 19.0 Å². The molecule has 2 aliphatic rings. The van der Waals surface area contributed by atoms with Crippen LogP contribution in [0.5, 0.6) is 0 Å². The Kier molecular flexibility index (Phi) is 3.01. The average molecular weight is 230 g/mol. The Bertz CT molecular complexity index is 416. The van der Waals surface area contributed by atoms with E-state index in [9.17, 15) is 0 Å². The van der Waals surface area contributed by atoms with E-state index in [0.29, 0.717) is 6.04 Å². The van der Waals surface area contributed by atoms with Gasteiger partial charge < -0.3 is 15.0 Å². The molecule has 0 bridgehead atoms. The van der Waals surface area contributed by atoms with Crippen molar-refractivity contribution in [2.24, 2.45) is 0 Å². The van der Waals surface area contributed by atoms with Gasteiger partial charge in [0.25, 0.3) is 0 Å². The quantitative estimate of drug-likeness (QED) is 0.833. The molecule has 17 heavy (non-hydrogen) atoms. The standard InChI is InChI=1S/C14H18N2O/c1-2-4-13-10-15-14(9-12(13)3-1)11-16-5-7-17-8-6-16/h1-5,7,14-15H,6,8-11H2. The van der Waals surface area contributed by atoms with Gasteiger partial charge >= 0.3 is 0 Å². The molecular weight excluding hydrogens is 212 g/mol. The van der Waals surface area contributed by atoms with Crippen LogP contribution < -0.4 is 5.32 Å². The molecule has 0 aromatic heterocycles. The third kappa shape index (κ3) is 2.44. The second-order valence-corrected chi connectivity index (χ2v) is 4.70. The van der Waals surface area contributed by atoms with Crippen LogP contribution in [0.25, 0.3) is 0 Å². The first-order valence-electron chi connectivity index (χ1n) is 6.24. The molecule has 90 valence electrons. The van der Waals surface area contributed by atoms with Crippen LogP contribution in [0.1, 0.15) is 11.1 Å². The lowest BCUT2D eigenvalue weighted by molar-refractivity contribution is 0.164. The minimum atomic E-state index is 0.549. The molecule has 0 radical (unpaired) electrons. The summed E-state index contributed by atoms with van der Waals surface area (Å²) in [5.41, 5.74) is 2.94. The molecule has 1 aromatic carbocycles. The highest BCUT2D eigenvalue weighted by molar-refractivity contribution is 5.30. The van der Waals surface area contributed by atoms with E-state index in [-0.39, 0.29) is 0 Å². The van der Waals surface area contributed by atoms with Gasteiger partial charge in [0.2, 0.25) is 0 Å². The fourth-order valence-corrected chi connectivity index (χ4v) is 2.53. The molecule has 2 heterocycles. The van der Waals surface area contributed by atoms with Crippen molar-refractivity contribution >= 4 is 0 Å². The molecule has 2 aliphatic heterocycles. The zero-order chi connectivity index (χ0) is 11.5. The lowest BCUT2D eigenvalue weighted by atomic mass is 9.95. The maximum atomic E-state index is 5.20. The van der Waals surface area contributed by atoms with Crippen molar-refractivity contribution in [1.82, 2.24) is 10.2 Å². The summed E-state index contributed by atoms with van der Waals surface area (Å²) in [5, 5.41) is 3.61. The Morgan fingerprint density at radius 1 is 1.29 bits per heavy atom. The Balaban J connectivity index is 1.64. The van der Waals surface area contributed by atoms with Crippen molar-refractivity contribution in [3.8, 4) is 0 Å². The summed E-state index contributed by atoms with van der Waals surface area (Å²) < 4.78 is 5.20. The van der Waals surface area contributed by atoms with Crippen molar-refractivity contribution in [3.05, 3.63) is 47.9 Å². The molecule has 0 amide bonds. The molecule has 1 N–H and O–H groups in total. The van der Waals surface area contributed by atoms with Gasteiger partial charge in [0.1, 0.15) is 6.61 Å². The van der Waals surface area contributed by atoms with Gasteiger partial charge in [-0.05, 0) is 17.5 Å². The number of ether oxygens (including phenoxy) is 1. The molecule has 3 heteroatoms. The largest absolute Gasteiger partial charge is 0.498 e. The number of fused-ring (bicyclic) bond motifs is 1. The zero-order valence-corrected chi connectivity index (χ0v) is 9.93. The van der Waals surface area contributed by atoms with Crippen LogP contribution in [0.3, 0.4) is 0 Å². The van der Waals surface area contributed by atoms with Gasteiger partial charge in [-0.3, -0.25) is 0 Å². The van der Waals surface area contributed by atoms with Crippen molar-refractivity contribution in [1.29, 1.82) is 0 Å². The molecule has 0 aliphatic carbocycles. The highest BCUT2D eigenvalue weighted by atomic mass is 16.5. The minimum Gasteiger partial charge on any atom is -0.498 e. The lowest BCUT2D eigenvalue weighted by Gasteiger charge is -2.32. The van der Waals surface area contributed by atoms with Gasteiger partial charge in [-0.1, -0.05) is 24.3 Å². The summed E-state index contributed by atoms with van der Waals surface area (Å²) in [6.07, 6.45) is 4.97. The van der Waals surface area contributed by atoms with Crippen LogP contribution >= 0.6 is 0 Å². The summed E-state index contributed by atoms with van der Waals surface area (Å²) in [6, 6.07) is 9.26. The van der Waals surface area contributed by atoms with E-state index in [1.807, 2.05) is 6.20 Å². The van der Waals surface area contributed by atoms with Crippen LogP contribution in [0, 0.1) is 0 Å². The van der Waals surface area contributed by atoms with Crippen molar-refractivity contribution in [3.63, 3.8) is 0 Å². The highest BCUT2D eigenvalue weighted by Crippen LogP contribution is 2.17. The smallest absolute Gasteiger partial charge is 0.105 e. The molecule has 1 aromatic rings. The Hall–Kier alpha value is -1.48. The third-order valence-corrected chi connectivity index (χ3v) is 3.49. The second kappa shape index (κ2) is 4.80. The third-order valence-electron chi connectivity index (χ3n) is 3.49. The van der Waals surface area contributed by atoms with E-state index < -0.39 is 0 Å². The fraction of sp³-hybridized carbons (Fsp3) is 0.429. The summed E-state index contributed by atoms with van der Waals surface area (Å²) >= 11 is 0. The lowest BCUT2D eigenvalue weighted by Crippen LogP contribution is -2.44. The van der Waals surface area contributed by atoms with Crippen molar-refractivity contribution in [2.75, 3.05) is 19.7 Å². The van der Waals surface area contributed by atoms with E-state index in [1.54, 1.807) is 6.26 Å². The summed E-state index contributed by atoms with van der Waals surface area (Å²) in [6.45, 7) is 3.86. The van der Waals surface area contributed by atoms with E-state index in [1.165, 1.54) is 11.1 Å². The number of hydrogen-bond donors (Lipinski definition) is 1. The van der Waals surface area contributed by atoms with Gasteiger partial charge in [-0.2, -0.15) is 0 Å². The van der Waals surface area contributed by atoms with E-state index in [0.717, 1.165) is 32.7 Å². The maximum Gasteiger partial charge on any atom is 0.105 e. The fourth-order valence-electron chi connectivity index (χ4n) is 2.53. The number of nitrogens with zero attached hydrogens (tertiary/aromatic N) is 1. The van der Waals surface area contributed by atoms with E-state index in [2.05, 4.69) is 34.5 Å². The Morgan fingerprint density at radius 2 is 2.18 bits per heavy atom. The van der Waals surface area contributed by atoms with Gasteiger partial charge in [0.15, 0.2) is 0 Å². The predicted molar refractivity (Wildman–Crippen MR) is 67.4 cm³/mol. The maximum absolute atomic E-state index is 5.20. The molecule has 3 nitrogen and oxygen atoms in total. The molecule has 0 spiro atoms. The van der Waals surface area contributed by atoms with Crippen molar-refractivity contribution < 1.29 is 4.74 Å². The molecular formula is C14H18N2O. The SMILES string of the molecule is C1=CN(CC2Cc3ccccc3CN2)CCO1. The van der Waals surface area contributed by atoms with Gasteiger partial charge in [-0.25, -0.2) is 0 Å². The summed E-state index contributed by atoms with van der Waals surface area (Å²) in [5.74, 6) is 0. The molecule has 0 saturated carbocycles. The minimum absolute atomic E-state index is 0.549. The topological polar surface area (TPSA) is 24.5 Å². The van der Waals surface area contributed by atoms with E-state index >= 15 is 0 Å². The monoisotopic (exact) mass is 230 g/mol. The normalized spacial score (nSPS) is 23.1. The molecule has 1 atom stereocenters. The van der Waals surface area contributed by atoms with Crippen LogP contribution in [-0.4, -0.2) is 30.6 Å². The van der Waals surface area contributed by atoms with Crippen LogP contribution in [0.4, 0.5) is 0 Å². The molecule has 0 fully saturated rings. The van der Waals surface area contributed by atoms with Crippen LogP contribution in [-0.2, 0) is 17.7 Å². The van der Waals surface area contributed by atoms with E-state index in [4.69, 9.17) is 4.74 Å².